The lowest BCUT2D eigenvalue weighted by Crippen LogP contribution is -1.98. The summed E-state index contributed by atoms with van der Waals surface area (Å²) in [6, 6.07) is 10.3. The Morgan fingerprint density at radius 3 is 2.72 bits per heavy atom. The third kappa shape index (κ3) is 4.02. The van der Waals surface area contributed by atoms with Crippen LogP contribution in [0.25, 0.3) is 0 Å². The Morgan fingerprint density at radius 1 is 1.20 bits per heavy atom. The van der Waals surface area contributed by atoms with Gasteiger partial charge in [0.15, 0.2) is 0 Å². The number of aryl methyl sites for hydroxylation is 1. The minimum atomic E-state index is -0.499. The highest BCUT2D eigenvalue weighted by Crippen LogP contribution is 2.28. The number of halogens is 1. The molecule has 0 amide bonds. The highest BCUT2D eigenvalue weighted by atomic mass is 35.5. The SMILES string of the molecule is Cc1ccc(Oc2ccc(Nc3ccncc3[N+](=O)[O-])cn2)cc1Cl. The number of ether oxygens (including phenoxy) is 1. The summed E-state index contributed by atoms with van der Waals surface area (Å²) in [5.74, 6) is 0.961. The highest BCUT2D eigenvalue weighted by Gasteiger charge is 2.13. The quantitative estimate of drug-likeness (QED) is 0.517. The molecule has 1 aromatic carbocycles. The lowest BCUT2D eigenvalue weighted by atomic mass is 10.2. The Kier molecular flexibility index (Phi) is 4.76. The van der Waals surface area contributed by atoms with Gasteiger partial charge in [0.1, 0.15) is 17.6 Å². The van der Waals surface area contributed by atoms with Crippen LogP contribution in [0.15, 0.2) is 55.0 Å². The number of hydrogen-bond acceptors (Lipinski definition) is 6. The van der Waals surface area contributed by atoms with Crippen molar-refractivity contribution in [3.63, 3.8) is 0 Å². The first kappa shape index (κ1) is 16.7. The molecular formula is C17H13ClN4O3. The number of hydrogen-bond donors (Lipinski definition) is 1. The minimum absolute atomic E-state index is 0.114. The molecule has 0 unspecified atom stereocenters. The average molecular weight is 357 g/mol. The van der Waals surface area contributed by atoms with Gasteiger partial charge in [0, 0.05) is 17.3 Å². The fourth-order valence-corrected chi connectivity index (χ4v) is 2.24. The Morgan fingerprint density at radius 2 is 2.04 bits per heavy atom. The van der Waals surface area contributed by atoms with Crippen molar-refractivity contribution < 1.29 is 9.66 Å². The number of nitro groups is 1. The molecule has 1 N–H and O–H groups in total. The molecule has 0 aliphatic carbocycles. The average Bonchev–Trinajstić information content (AvgIpc) is 2.60. The summed E-state index contributed by atoms with van der Waals surface area (Å²) in [7, 11) is 0. The Balaban J connectivity index is 1.74. The van der Waals surface area contributed by atoms with E-state index in [9.17, 15) is 10.1 Å². The summed E-state index contributed by atoms with van der Waals surface area (Å²) in [4.78, 5) is 18.4. The van der Waals surface area contributed by atoms with Crippen LogP contribution in [0, 0.1) is 17.0 Å². The summed E-state index contributed by atoms with van der Waals surface area (Å²) in [5, 5.41) is 14.6. The molecule has 2 heterocycles. The molecule has 0 atom stereocenters. The fraction of sp³-hybridized carbons (Fsp3) is 0.0588. The Hall–Kier alpha value is -3.19. The van der Waals surface area contributed by atoms with Gasteiger partial charge in [-0.1, -0.05) is 17.7 Å². The number of benzene rings is 1. The van der Waals surface area contributed by atoms with Gasteiger partial charge in [-0.25, -0.2) is 4.98 Å². The molecule has 7 nitrogen and oxygen atoms in total. The second-order valence-electron chi connectivity index (χ2n) is 5.17. The third-order valence-corrected chi connectivity index (χ3v) is 3.79. The van der Waals surface area contributed by atoms with Crippen LogP contribution in [0.5, 0.6) is 11.6 Å². The van der Waals surface area contributed by atoms with Gasteiger partial charge in [-0.05, 0) is 36.8 Å². The lowest BCUT2D eigenvalue weighted by Gasteiger charge is -2.09. The number of rotatable bonds is 5. The summed E-state index contributed by atoms with van der Waals surface area (Å²) >= 11 is 6.07. The molecule has 0 bridgehead atoms. The molecule has 0 aliphatic heterocycles. The van der Waals surface area contributed by atoms with Gasteiger partial charge in [0.25, 0.3) is 0 Å². The van der Waals surface area contributed by atoms with Crippen molar-refractivity contribution in [2.24, 2.45) is 0 Å². The zero-order valence-electron chi connectivity index (χ0n) is 13.1. The number of nitrogens with zero attached hydrogens (tertiary/aromatic N) is 3. The first-order chi connectivity index (χ1) is 12.0. The topological polar surface area (TPSA) is 90.2 Å². The molecule has 126 valence electrons. The van der Waals surface area contributed by atoms with E-state index in [1.54, 1.807) is 24.3 Å². The first-order valence-electron chi connectivity index (χ1n) is 7.28. The summed E-state index contributed by atoms with van der Waals surface area (Å²) < 4.78 is 5.64. The molecule has 0 radical (unpaired) electrons. The molecule has 2 aromatic heterocycles. The maximum absolute atomic E-state index is 11.0. The second-order valence-corrected chi connectivity index (χ2v) is 5.58. The minimum Gasteiger partial charge on any atom is -0.439 e. The van der Waals surface area contributed by atoms with Crippen molar-refractivity contribution in [3.8, 4) is 11.6 Å². The molecular weight excluding hydrogens is 344 g/mol. The lowest BCUT2D eigenvalue weighted by molar-refractivity contribution is -0.384. The van der Waals surface area contributed by atoms with Crippen LogP contribution in [0.1, 0.15) is 5.56 Å². The number of aromatic nitrogens is 2. The molecule has 0 aliphatic rings. The monoisotopic (exact) mass is 356 g/mol. The van der Waals surface area contributed by atoms with E-state index >= 15 is 0 Å². The van der Waals surface area contributed by atoms with Crippen molar-refractivity contribution in [2.45, 2.75) is 6.92 Å². The van der Waals surface area contributed by atoms with Crippen molar-refractivity contribution in [1.82, 2.24) is 9.97 Å². The summed E-state index contributed by atoms with van der Waals surface area (Å²) in [5.41, 5.74) is 1.77. The third-order valence-electron chi connectivity index (χ3n) is 3.38. The van der Waals surface area contributed by atoms with Crippen LogP contribution >= 0.6 is 11.6 Å². The van der Waals surface area contributed by atoms with E-state index in [-0.39, 0.29) is 5.69 Å². The van der Waals surface area contributed by atoms with Crippen molar-refractivity contribution in [2.75, 3.05) is 5.32 Å². The van der Waals surface area contributed by atoms with Gasteiger partial charge in [-0.15, -0.1) is 0 Å². The van der Waals surface area contributed by atoms with E-state index in [4.69, 9.17) is 16.3 Å². The summed E-state index contributed by atoms with van der Waals surface area (Å²) in [6.07, 6.45) is 4.19. The van der Waals surface area contributed by atoms with E-state index in [0.29, 0.717) is 28.0 Å². The van der Waals surface area contributed by atoms with E-state index in [1.807, 2.05) is 13.0 Å². The molecule has 3 rings (SSSR count). The first-order valence-corrected chi connectivity index (χ1v) is 7.66. The number of anilines is 2. The maximum atomic E-state index is 11.0. The van der Waals surface area contributed by atoms with Crippen LogP contribution < -0.4 is 10.1 Å². The molecule has 0 saturated heterocycles. The number of nitrogens with one attached hydrogen (secondary N) is 1. The van der Waals surface area contributed by atoms with Crippen molar-refractivity contribution >= 4 is 28.7 Å². The zero-order valence-corrected chi connectivity index (χ0v) is 13.9. The van der Waals surface area contributed by atoms with Crippen LogP contribution in [0.4, 0.5) is 17.1 Å². The predicted octanol–water partition coefficient (Wildman–Crippen LogP) is 4.88. The number of pyridine rings is 2. The largest absolute Gasteiger partial charge is 0.439 e. The molecule has 25 heavy (non-hydrogen) atoms. The highest BCUT2D eigenvalue weighted by molar-refractivity contribution is 6.31. The van der Waals surface area contributed by atoms with Crippen LogP contribution in [-0.4, -0.2) is 14.9 Å². The maximum Gasteiger partial charge on any atom is 0.310 e. The second kappa shape index (κ2) is 7.14. The smallest absolute Gasteiger partial charge is 0.310 e. The Bertz CT molecular complexity index is 916. The van der Waals surface area contributed by atoms with Crippen molar-refractivity contribution in [1.29, 1.82) is 0 Å². The van der Waals surface area contributed by atoms with Crippen LogP contribution in [-0.2, 0) is 0 Å². The van der Waals surface area contributed by atoms with Gasteiger partial charge in [-0.3, -0.25) is 15.1 Å². The Labute approximate surface area is 148 Å². The zero-order chi connectivity index (χ0) is 17.8. The molecule has 3 aromatic rings. The van der Waals surface area contributed by atoms with E-state index < -0.39 is 4.92 Å². The van der Waals surface area contributed by atoms with Crippen LogP contribution in [0.2, 0.25) is 5.02 Å². The van der Waals surface area contributed by atoms with Crippen molar-refractivity contribution in [3.05, 3.63) is 75.7 Å². The normalized spacial score (nSPS) is 10.3. The standard InChI is InChI=1S/C17H13ClN4O3/c1-11-2-4-13(8-14(11)18)25-17-5-3-12(9-20-17)21-15-6-7-19-10-16(15)22(23)24/h2-10H,1H3,(H,19,21). The van der Waals surface area contributed by atoms with Gasteiger partial charge in [0.2, 0.25) is 5.88 Å². The van der Waals surface area contributed by atoms with Gasteiger partial charge in [0.05, 0.1) is 16.8 Å². The van der Waals surface area contributed by atoms with E-state index in [1.165, 1.54) is 24.7 Å². The molecule has 8 heteroatoms. The molecule has 0 fully saturated rings. The molecule has 0 saturated carbocycles. The van der Waals surface area contributed by atoms with Gasteiger partial charge >= 0.3 is 5.69 Å². The van der Waals surface area contributed by atoms with Gasteiger partial charge in [-0.2, -0.15) is 0 Å². The van der Waals surface area contributed by atoms with Gasteiger partial charge < -0.3 is 10.1 Å². The summed E-state index contributed by atoms with van der Waals surface area (Å²) in [6.45, 7) is 1.91. The molecule has 0 spiro atoms. The van der Waals surface area contributed by atoms with E-state index in [2.05, 4.69) is 15.3 Å². The van der Waals surface area contributed by atoms with E-state index in [0.717, 1.165) is 5.56 Å². The predicted molar refractivity (Wildman–Crippen MR) is 94.7 cm³/mol. The van der Waals surface area contributed by atoms with Crippen LogP contribution in [0.3, 0.4) is 0 Å². The fourth-order valence-electron chi connectivity index (χ4n) is 2.07.